The zero-order valence-electron chi connectivity index (χ0n) is 10.9. The van der Waals surface area contributed by atoms with Gasteiger partial charge in [-0.1, -0.05) is 25.2 Å². The second-order valence-electron chi connectivity index (χ2n) is 3.90. The number of thiophene rings is 1. The minimum Gasteiger partial charge on any atom is -0.384 e. The minimum atomic E-state index is -0.154. The molecule has 1 aromatic heterocycles. The number of nitrogens with zero attached hydrogens (tertiary/aromatic N) is 1. The molecular formula is C14H19NO2S. The van der Waals surface area contributed by atoms with Gasteiger partial charge < -0.3 is 10.0 Å². The molecule has 0 unspecified atom stereocenters. The second kappa shape index (κ2) is 7.91. The lowest BCUT2D eigenvalue weighted by Gasteiger charge is -2.19. The maximum atomic E-state index is 12.2. The molecule has 1 aromatic rings. The molecule has 1 amide bonds. The Balaban J connectivity index is 2.72. The van der Waals surface area contributed by atoms with Gasteiger partial charge in [0.1, 0.15) is 6.61 Å². The SMILES string of the molecule is CCCCN(CC)C(=O)c1csc(C#CCO)c1. The maximum Gasteiger partial charge on any atom is 0.254 e. The quantitative estimate of drug-likeness (QED) is 0.830. The molecule has 1 heterocycles. The average Bonchev–Trinajstić information content (AvgIpc) is 2.85. The molecule has 18 heavy (non-hydrogen) atoms. The third-order valence-electron chi connectivity index (χ3n) is 2.59. The standard InChI is InChI=1S/C14H19NO2S/c1-3-5-8-15(4-2)14(17)12-10-13(18-11-12)7-6-9-16/h10-11,16H,3-5,8-9H2,1-2H3. The largest absolute Gasteiger partial charge is 0.384 e. The first-order chi connectivity index (χ1) is 8.72. The molecule has 0 fully saturated rings. The highest BCUT2D eigenvalue weighted by molar-refractivity contribution is 7.10. The Labute approximate surface area is 112 Å². The fourth-order valence-corrected chi connectivity index (χ4v) is 2.32. The maximum absolute atomic E-state index is 12.2. The van der Waals surface area contributed by atoms with Crippen LogP contribution in [0.25, 0.3) is 0 Å². The summed E-state index contributed by atoms with van der Waals surface area (Å²) < 4.78 is 0. The van der Waals surface area contributed by atoms with Crippen molar-refractivity contribution >= 4 is 17.2 Å². The molecule has 0 saturated carbocycles. The van der Waals surface area contributed by atoms with Crippen LogP contribution in [0.5, 0.6) is 0 Å². The summed E-state index contributed by atoms with van der Waals surface area (Å²) in [5.74, 6) is 5.47. The molecule has 3 nitrogen and oxygen atoms in total. The van der Waals surface area contributed by atoms with Crippen molar-refractivity contribution in [3.63, 3.8) is 0 Å². The van der Waals surface area contributed by atoms with Crippen molar-refractivity contribution in [2.24, 2.45) is 0 Å². The first kappa shape index (κ1) is 14.7. The van der Waals surface area contributed by atoms with Gasteiger partial charge >= 0.3 is 0 Å². The molecular weight excluding hydrogens is 246 g/mol. The average molecular weight is 265 g/mol. The minimum absolute atomic E-state index is 0.0687. The van der Waals surface area contributed by atoms with E-state index >= 15 is 0 Å². The smallest absolute Gasteiger partial charge is 0.254 e. The van der Waals surface area contributed by atoms with Gasteiger partial charge in [0.25, 0.3) is 5.91 Å². The molecule has 0 aliphatic carbocycles. The van der Waals surface area contributed by atoms with Gasteiger partial charge in [-0.2, -0.15) is 0 Å². The first-order valence-corrected chi connectivity index (χ1v) is 7.08. The highest BCUT2D eigenvalue weighted by Crippen LogP contribution is 2.15. The Hall–Kier alpha value is -1.31. The Bertz CT molecular complexity index is 442. The molecule has 0 atom stereocenters. The number of hydrogen-bond acceptors (Lipinski definition) is 3. The van der Waals surface area contributed by atoms with Crippen LogP contribution in [0.4, 0.5) is 0 Å². The van der Waals surface area contributed by atoms with Gasteiger partial charge in [-0.05, 0) is 19.4 Å². The fourth-order valence-electron chi connectivity index (χ4n) is 1.58. The van der Waals surface area contributed by atoms with Crippen molar-refractivity contribution in [1.82, 2.24) is 4.90 Å². The Morgan fingerprint density at radius 2 is 2.28 bits per heavy atom. The van der Waals surface area contributed by atoms with E-state index in [1.54, 1.807) is 6.07 Å². The summed E-state index contributed by atoms with van der Waals surface area (Å²) in [6.45, 7) is 5.49. The van der Waals surface area contributed by atoms with Gasteiger partial charge in [0.05, 0.1) is 10.4 Å². The molecule has 1 N–H and O–H groups in total. The van der Waals surface area contributed by atoms with Crippen LogP contribution >= 0.6 is 11.3 Å². The fraction of sp³-hybridized carbons (Fsp3) is 0.500. The van der Waals surface area contributed by atoms with Gasteiger partial charge in [-0.3, -0.25) is 4.79 Å². The third kappa shape index (κ3) is 4.17. The first-order valence-electron chi connectivity index (χ1n) is 6.20. The van der Waals surface area contributed by atoms with Crippen LogP contribution < -0.4 is 0 Å². The van der Waals surface area contributed by atoms with Crippen molar-refractivity contribution < 1.29 is 9.90 Å². The van der Waals surface area contributed by atoms with E-state index in [0.29, 0.717) is 5.56 Å². The van der Waals surface area contributed by atoms with E-state index < -0.39 is 0 Å². The van der Waals surface area contributed by atoms with Gasteiger partial charge in [0.2, 0.25) is 0 Å². The summed E-state index contributed by atoms with van der Waals surface area (Å²) in [7, 11) is 0. The molecule has 4 heteroatoms. The van der Waals surface area contributed by atoms with Crippen LogP contribution in [0.1, 0.15) is 41.9 Å². The van der Waals surface area contributed by atoms with Gasteiger partial charge in [-0.15, -0.1) is 11.3 Å². The lowest BCUT2D eigenvalue weighted by atomic mass is 10.2. The Morgan fingerprint density at radius 1 is 1.50 bits per heavy atom. The van der Waals surface area contributed by atoms with Crippen molar-refractivity contribution in [3.8, 4) is 11.8 Å². The van der Waals surface area contributed by atoms with Crippen molar-refractivity contribution in [2.45, 2.75) is 26.7 Å². The van der Waals surface area contributed by atoms with Crippen LogP contribution in [-0.2, 0) is 0 Å². The predicted molar refractivity (Wildman–Crippen MR) is 74.8 cm³/mol. The predicted octanol–water partition coefficient (Wildman–Crippen LogP) is 2.35. The lowest BCUT2D eigenvalue weighted by Crippen LogP contribution is -2.31. The van der Waals surface area contributed by atoms with E-state index in [-0.39, 0.29) is 12.5 Å². The van der Waals surface area contributed by atoms with E-state index in [2.05, 4.69) is 18.8 Å². The van der Waals surface area contributed by atoms with E-state index in [4.69, 9.17) is 5.11 Å². The van der Waals surface area contributed by atoms with E-state index in [9.17, 15) is 4.79 Å². The number of rotatable bonds is 5. The number of carbonyl (C=O) groups excluding carboxylic acids is 1. The second-order valence-corrected chi connectivity index (χ2v) is 4.81. The van der Waals surface area contributed by atoms with E-state index in [1.807, 2.05) is 17.2 Å². The molecule has 1 rings (SSSR count). The van der Waals surface area contributed by atoms with Gasteiger partial charge in [0, 0.05) is 18.5 Å². The van der Waals surface area contributed by atoms with E-state index in [1.165, 1.54) is 11.3 Å². The van der Waals surface area contributed by atoms with Crippen LogP contribution in [0.2, 0.25) is 0 Å². The summed E-state index contributed by atoms with van der Waals surface area (Å²) in [6, 6.07) is 1.80. The number of aliphatic hydroxyl groups excluding tert-OH is 1. The summed E-state index contributed by atoms with van der Waals surface area (Å²) in [6.07, 6.45) is 2.11. The molecule has 98 valence electrons. The molecule has 0 aliphatic heterocycles. The summed E-state index contributed by atoms with van der Waals surface area (Å²) in [5.41, 5.74) is 0.695. The van der Waals surface area contributed by atoms with Crippen molar-refractivity contribution in [3.05, 3.63) is 21.9 Å². The van der Waals surface area contributed by atoms with Crippen LogP contribution in [0.15, 0.2) is 11.4 Å². The number of unbranched alkanes of at least 4 members (excludes halogenated alkanes) is 1. The molecule has 0 saturated heterocycles. The number of carbonyl (C=O) groups is 1. The molecule has 0 spiro atoms. The normalized spacial score (nSPS) is 9.72. The van der Waals surface area contributed by atoms with Crippen LogP contribution in [-0.4, -0.2) is 35.6 Å². The highest BCUT2D eigenvalue weighted by atomic mass is 32.1. The molecule has 0 aromatic carbocycles. The number of amides is 1. The molecule has 0 radical (unpaired) electrons. The molecule has 0 bridgehead atoms. The van der Waals surface area contributed by atoms with Crippen LogP contribution in [0.3, 0.4) is 0 Å². The zero-order valence-corrected chi connectivity index (χ0v) is 11.7. The van der Waals surface area contributed by atoms with Gasteiger partial charge in [0.15, 0.2) is 0 Å². The van der Waals surface area contributed by atoms with E-state index in [0.717, 1.165) is 30.8 Å². The monoisotopic (exact) mass is 265 g/mol. The third-order valence-corrected chi connectivity index (χ3v) is 3.43. The van der Waals surface area contributed by atoms with Crippen LogP contribution in [0, 0.1) is 11.8 Å². The number of hydrogen-bond donors (Lipinski definition) is 1. The molecule has 0 aliphatic rings. The topological polar surface area (TPSA) is 40.5 Å². The van der Waals surface area contributed by atoms with Gasteiger partial charge in [-0.25, -0.2) is 0 Å². The Kier molecular flexibility index (Phi) is 6.48. The summed E-state index contributed by atoms with van der Waals surface area (Å²) in [4.78, 5) is 14.9. The Morgan fingerprint density at radius 3 is 2.89 bits per heavy atom. The number of aliphatic hydroxyl groups is 1. The van der Waals surface area contributed by atoms with Crippen molar-refractivity contribution in [2.75, 3.05) is 19.7 Å². The van der Waals surface area contributed by atoms with Crippen molar-refractivity contribution in [1.29, 1.82) is 0 Å². The highest BCUT2D eigenvalue weighted by Gasteiger charge is 2.14. The summed E-state index contributed by atoms with van der Waals surface area (Å²) in [5, 5.41) is 10.5. The summed E-state index contributed by atoms with van der Waals surface area (Å²) >= 11 is 1.44. The zero-order chi connectivity index (χ0) is 13.4. The lowest BCUT2D eigenvalue weighted by molar-refractivity contribution is 0.0763.